The third kappa shape index (κ3) is 3.94. The Morgan fingerprint density at radius 3 is 2.47 bits per heavy atom. The van der Waals surface area contributed by atoms with E-state index in [1.165, 1.54) is 12.8 Å². The first-order chi connectivity index (χ1) is 8.13. The first kappa shape index (κ1) is 13.3. The fraction of sp³-hybridized carbons (Fsp3) is 1.00. The highest BCUT2D eigenvalue weighted by molar-refractivity contribution is 4.91. The summed E-state index contributed by atoms with van der Waals surface area (Å²) < 4.78 is 5.25. The number of hydrogen-bond donors (Lipinski definition) is 2. The van der Waals surface area contributed by atoms with Crippen LogP contribution >= 0.6 is 0 Å². The molecular formula is C14H27NO2. The molecule has 1 unspecified atom stereocenters. The van der Waals surface area contributed by atoms with Crippen molar-refractivity contribution in [1.29, 1.82) is 0 Å². The van der Waals surface area contributed by atoms with E-state index in [2.05, 4.69) is 12.2 Å². The molecule has 2 N–H and O–H groups in total. The topological polar surface area (TPSA) is 41.5 Å². The summed E-state index contributed by atoms with van der Waals surface area (Å²) in [6.45, 7) is 3.80. The van der Waals surface area contributed by atoms with Crippen molar-refractivity contribution in [3.05, 3.63) is 0 Å². The Morgan fingerprint density at radius 1 is 1.29 bits per heavy atom. The summed E-state index contributed by atoms with van der Waals surface area (Å²) >= 11 is 0. The number of hydrogen-bond acceptors (Lipinski definition) is 3. The Labute approximate surface area is 105 Å². The van der Waals surface area contributed by atoms with E-state index >= 15 is 0 Å². The average molecular weight is 241 g/mol. The molecule has 0 saturated heterocycles. The Bertz CT molecular complexity index is 232. The molecule has 17 heavy (non-hydrogen) atoms. The lowest BCUT2D eigenvalue weighted by atomic mass is 9.79. The summed E-state index contributed by atoms with van der Waals surface area (Å²) in [6, 6.07) is 0.448. The van der Waals surface area contributed by atoms with Gasteiger partial charge in [0.15, 0.2) is 0 Å². The van der Waals surface area contributed by atoms with Crippen molar-refractivity contribution >= 4 is 0 Å². The largest absolute Gasteiger partial charge is 0.389 e. The lowest BCUT2D eigenvalue weighted by Crippen LogP contribution is -2.48. The van der Waals surface area contributed by atoms with Crippen molar-refractivity contribution in [2.24, 2.45) is 11.8 Å². The quantitative estimate of drug-likeness (QED) is 0.747. The number of nitrogens with one attached hydrogen (secondary N) is 1. The van der Waals surface area contributed by atoms with Crippen LogP contribution in [0.4, 0.5) is 0 Å². The normalized spacial score (nSPS) is 35.8. The van der Waals surface area contributed by atoms with Gasteiger partial charge in [-0.2, -0.15) is 0 Å². The predicted octanol–water partition coefficient (Wildman–Crippen LogP) is 1.94. The van der Waals surface area contributed by atoms with Gasteiger partial charge in [-0.1, -0.05) is 6.92 Å². The molecule has 0 aromatic carbocycles. The van der Waals surface area contributed by atoms with E-state index in [1.54, 1.807) is 7.11 Å². The third-order valence-corrected chi connectivity index (χ3v) is 4.44. The maximum Gasteiger partial charge on any atom is 0.0771 e. The number of ether oxygens (including phenoxy) is 1. The van der Waals surface area contributed by atoms with E-state index in [1.807, 2.05) is 0 Å². The Kier molecular flexibility index (Phi) is 4.45. The lowest BCUT2D eigenvalue weighted by Gasteiger charge is -2.36. The van der Waals surface area contributed by atoms with Crippen molar-refractivity contribution in [2.45, 2.75) is 57.1 Å². The first-order valence-corrected chi connectivity index (χ1v) is 7.08. The fourth-order valence-electron chi connectivity index (χ4n) is 2.84. The van der Waals surface area contributed by atoms with Crippen LogP contribution in [0.2, 0.25) is 0 Å². The highest BCUT2D eigenvalue weighted by Crippen LogP contribution is 2.34. The van der Waals surface area contributed by atoms with Gasteiger partial charge in [-0.05, 0) is 50.4 Å². The summed E-state index contributed by atoms with van der Waals surface area (Å²) in [5.74, 6) is 1.56. The zero-order valence-corrected chi connectivity index (χ0v) is 11.2. The highest BCUT2D eigenvalue weighted by atomic mass is 16.5. The zero-order valence-electron chi connectivity index (χ0n) is 11.2. The van der Waals surface area contributed by atoms with E-state index in [0.29, 0.717) is 6.04 Å². The first-order valence-electron chi connectivity index (χ1n) is 7.08. The lowest BCUT2D eigenvalue weighted by molar-refractivity contribution is -0.0110. The van der Waals surface area contributed by atoms with Gasteiger partial charge in [0.2, 0.25) is 0 Å². The van der Waals surface area contributed by atoms with Gasteiger partial charge in [0, 0.05) is 19.7 Å². The van der Waals surface area contributed by atoms with Gasteiger partial charge in [0.1, 0.15) is 0 Å². The van der Waals surface area contributed by atoms with Gasteiger partial charge in [0.25, 0.3) is 0 Å². The Morgan fingerprint density at radius 2 is 1.94 bits per heavy atom. The molecule has 2 rings (SSSR count). The summed E-state index contributed by atoms with van der Waals surface area (Å²) in [4.78, 5) is 0. The van der Waals surface area contributed by atoms with Crippen molar-refractivity contribution in [1.82, 2.24) is 5.32 Å². The molecule has 2 fully saturated rings. The Hall–Kier alpha value is -0.120. The molecule has 100 valence electrons. The van der Waals surface area contributed by atoms with Crippen molar-refractivity contribution in [3.63, 3.8) is 0 Å². The van der Waals surface area contributed by atoms with Gasteiger partial charge in [-0.15, -0.1) is 0 Å². The zero-order chi connectivity index (χ0) is 12.3. The summed E-state index contributed by atoms with van der Waals surface area (Å²) in [7, 11) is 1.76. The predicted molar refractivity (Wildman–Crippen MR) is 69.0 cm³/mol. The monoisotopic (exact) mass is 241 g/mol. The molecule has 1 atom stereocenters. The van der Waals surface area contributed by atoms with Crippen LogP contribution in [0.25, 0.3) is 0 Å². The highest BCUT2D eigenvalue weighted by Gasteiger charge is 2.35. The smallest absolute Gasteiger partial charge is 0.0771 e. The van der Waals surface area contributed by atoms with Crippen LogP contribution in [0.3, 0.4) is 0 Å². The molecule has 0 radical (unpaired) electrons. The van der Waals surface area contributed by atoms with Crippen LogP contribution in [-0.2, 0) is 4.74 Å². The fourth-order valence-corrected chi connectivity index (χ4v) is 2.84. The van der Waals surface area contributed by atoms with E-state index in [-0.39, 0.29) is 0 Å². The number of rotatable bonds is 6. The summed E-state index contributed by atoms with van der Waals surface area (Å²) in [5.41, 5.74) is -0.465. The van der Waals surface area contributed by atoms with E-state index in [0.717, 1.165) is 50.7 Å². The molecule has 3 heteroatoms. The van der Waals surface area contributed by atoms with Crippen LogP contribution in [0.15, 0.2) is 0 Å². The van der Waals surface area contributed by atoms with Gasteiger partial charge in [-0.25, -0.2) is 0 Å². The number of aliphatic hydroxyl groups is 1. The van der Waals surface area contributed by atoms with Crippen molar-refractivity contribution in [2.75, 3.05) is 20.3 Å². The molecule has 2 aliphatic carbocycles. The van der Waals surface area contributed by atoms with Crippen LogP contribution in [-0.4, -0.2) is 37.0 Å². The average Bonchev–Trinajstić information content (AvgIpc) is 3.13. The van der Waals surface area contributed by atoms with Gasteiger partial charge in [0.05, 0.1) is 12.2 Å². The third-order valence-electron chi connectivity index (χ3n) is 4.44. The molecule has 0 amide bonds. The van der Waals surface area contributed by atoms with Gasteiger partial charge >= 0.3 is 0 Å². The molecule has 0 aromatic heterocycles. The minimum absolute atomic E-state index is 0.448. The molecule has 0 aliphatic heterocycles. The second-order valence-electron chi connectivity index (χ2n) is 6.19. The number of methoxy groups -OCH3 is 1. The molecule has 0 bridgehead atoms. The molecule has 0 heterocycles. The molecular weight excluding hydrogens is 214 g/mol. The van der Waals surface area contributed by atoms with E-state index < -0.39 is 5.60 Å². The second kappa shape index (κ2) is 5.68. The molecule has 0 aromatic rings. The van der Waals surface area contributed by atoms with E-state index in [4.69, 9.17) is 4.74 Å². The van der Waals surface area contributed by atoms with Crippen LogP contribution in [0.1, 0.15) is 45.4 Å². The maximum absolute atomic E-state index is 10.5. The maximum atomic E-state index is 10.5. The van der Waals surface area contributed by atoms with Crippen LogP contribution < -0.4 is 5.32 Å². The minimum Gasteiger partial charge on any atom is -0.389 e. The van der Waals surface area contributed by atoms with Crippen molar-refractivity contribution in [3.8, 4) is 0 Å². The van der Waals surface area contributed by atoms with Gasteiger partial charge in [-0.3, -0.25) is 0 Å². The SMILES string of the molecule is COCC(NCC1(O)CCC(C)CC1)C1CC1. The van der Waals surface area contributed by atoms with Crippen LogP contribution in [0.5, 0.6) is 0 Å². The minimum atomic E-state index is -0.465. The molecule has 2 saturated carbocycles. The summed E-state index contributed by atoms with van der Waals surface area (Å²) in [5, 5.41) is 14.0. The van der Waals surface area contributed by atoms with Crippen LogP contribution in [0, 0.1) is 11.8 Å². The standard InChI is InChI=1S/C14H27NO2/c1-11-5-7-14(16,8-6-11)10-15-13(9-17-2)12-3-4-12/h11-13,15-16H,3-10H2,1-2H3. The molecule has 3 nitrogen and oxygen atoms in total. The molecule has 2 aliphatic rings. The second-order valence-corrected chi connectivity index (χ2v) is 6.19. The van der Waals surface area contributed by atoms with E-state index in [9.17, 15) is 5.11 Å². The van der Waals surface area contributed by atoms with Gasteiger partial charge < -0.3 is 15.2 Å². The Balaban J connectivity index is 1.75. The van der Waals surface area contributed by atoms with Crippen molar-refractivity contribution < 1.29 is 9.84 Å². The summed E-state index contributed by atoms with van der Waals surface area (Å²) in [6.07, 6.45) is 6.86. The molecule has 0 spiro atoms.